The Morgan fingerprint density at radius 1 is 1.00 bits per heavy atom. The number of nitrogens with one attached hydrogen (secondary N) is 1. The first kappa shape index (κ1) is 20.0. The number of amides is 1. The zero-order chi connectivity index (χ0) is 20.4. The van der Waals surface area contributed by atoms with Crippen molar-refractivity contribution < 1.29 is 9.21 Å². The fourth-order valence-electron chi connectivity index (χ4n) is 2.71. The molecule has 0 atom stereocenters. The lowest BCUT2D eigenvalue weighted by Crippen LogP contribution is -2.10. The van der Waals surface area contributed by atoms with Crippen LogP contribution in [0.2, 0.25) is 15.1 Å². The van der Waals surface area contributed by atoms with Crippen molar-refractivity contribution >= 4 is 57.2 Å². The summed E-state index contributed by atoms with van der Waals surface area (Å²) in [6.45, 7) is 0. The first-order chi connectivity index (χ1) is 14.0. The second-order valence-electron chi connectivity index (χ2n) is 6.13. The lowest BCUT2D eigenvalue weighted by Gasteiger charge is -2.04. The Balaban J connectivity index is 1.45. The van der Waals surface area contributed by atoms with E-state index in [1.807, 2.05) is 12.1 Å². The van der Waals surface area contributed by atoms with Crippen LogP contribution >= 0.6 is 46.1 Å². The molecule has 29 heavy (non-hydrogen) atoms. The number of aromatic nitrogens is 1. The van der Waals surface area contributed by atoms with Gasteiger partial charge in [0.15, 0.2) is 10.9 Å². The molecule has 2 heterocycles. The summed E-state index contributed by atoms with van der Waals surface area (Å²) >= 11 is 19.7. The molecular weight excluding hydrogens is 451 g/mol. The van der Waals surface area contributed by atoms with Crippen LogP contribution in [0.4, 0.5) is 5.13 Å². The zero-order valence-corrected chi connectivity index (χ0v) is 17.9. The van der Waals surface area contributed by atoms with Gasteiger partial charge in [0.25, 0.3) is 5.91 Å². The Morgan fingerprint density at radius 3 is 2.45 bits per heavy atom. The fourth-order valence-corrected chi connectivity index (χ4v) is 4.19. The van der Waals surface area contributed by atoms with E-state index in [0.29, 0.717) is 32.4 Å². The van der Waals surface area contributed by atoms with Crippen LogP contribution in [-0.2, 0) is 6.42 Å². The maximum Gasteiger partial charge on any atom is 0.293 e. The number of anilines is 1. The third kappa shape index (κ3) is 4.65. The second kappa shape index (κ2) is 8.59. The highest BCUT2D eigenvalue weighted by Crippen LogP contribution is 2.30. The van der Waals surface area contributed by atoms with Gasteiger partial charge in [-0.05, 0) is 54.1 Å². The number of carbonyl (C=O) groups is 1. The van der Waals surface area contributed by atoms with E-state index in [1.54, 1.807) is 48.7 Å². The van der Waals surface area contributed by atoms with E-state index in [9.17, 15) is 4.79 Å². The lowest BCUT2D eigenvalue weighted by molar-refractivity contribution is 0.0997. The van der Waals surface area contributed by atoms with E-state index in [-0.39, 0.29) is 11.7 Å². The number of rotatable bonds is 5. The molecule has 0 aliphatic carbocycles. The van der Waals surface area contributed by atoms with Gasteiger partial charge in [-0.25, -0.2) is 4.98 Å². The van der Waals surface area contributed by atoms with E-state index >= 15 is 0 Å². The van der Waals surface area contributed by atoms with Gasteiger partial charge in [-0.2, -0.15) is 0 Å². The second-order valence-corrected chi connectivity index (χ2v) is 8.50. The third-order valence-electron chi connectivity index (χ3n) is 4.15. The van der Waals surface area contributed by atoms with Gasteiger partial charge >= 0.3 is 0 Å². The van der Waals surface area contributed by atoms with Gasteiger partial charge < -0.3 is 4.42 Å². The van der Waals surface area contributed by atoms with Gasteiger partial charge in [0.05, 0.1) is 0 Å². The minimum absolute atomic E-state index is 0.195. The normalized spacial score (nSPS) is 10.9. The zero-order valence-electron chi connectivity index (χ0n) is 14.8. The van der Waals surface area contributed by atoms with Crippen molar-refractivity contribution in [3.63, 3.8) is 0 Å². The molecule has 0 aliphatic rings. The molecule has 1 amide bonds. The molecule has 0 spiro atoms. The van der Waals surface area contributed by atoms with Crippen molar-refractivity contribution in [2.75, 3.05) is 5.32 Å². The van der Waals surface area contributed by atoms with Crippen LogP contribution < -0.4 is 5.32 Å². The molecule has 0 aliphatic heterocycles. The molecule has 4 rings (SSSR count). The first-order valence-corrected chi connectivity index (χ1v) is 10.5. The summed E-state index contributed by atoms with van der Waals surface area (Å²) in [6, 6.07) is 15.9. The van der Waals surface area contributed by atoms with Crippen LogP contribution in [0.1, 0.15) is 21.0 Å². The first-order valence-electron chi connectivity index (χ1n) is 8.54. The van der Waals surface area contributed by atoms with E-state index in [0.717, 1.165) is 16.0 Å². The van der Waals surface area contributed by atoms with E-state index < -0.39 is 0 Å². The fraction of sp³-hybridized carbons (Fsp3) is 0.0476. The van der Waals surface area contributed by atoms with Crippen LogP contribution in [-0.4, -0.2) is 10.9 Å². The molecule has 2 aromatic carbocycles. The number of halogens is 3. The molecule has 4 nitrogen and oxygen atoms in total. The number of benzene rings is 2. The molecular formula is C21H13Cl3N2O2S. The number of hydrogen-bond acceptors (Lipinski definition) is 4. The van der Waals surface area contributed by atoms with Crippen LogP contribution in [0.15, 0.2) is 65.2 Å². The van der Waals surface area contributed by atoms with Gasteiger partial charge in [-0.1, -0.05) is 40.9 Å². The average molecular weight is 464 g/mol. The molecule has 0 bridgehead atoms. The minimum atomic E-state index is -0.373. The summed E-state index contributed by atoms with van der Waals surface area (Å²) in [5, 5.41) is 5.06. The molecule has 4 aromatic rings. The third-order valence-corrected chi connectivity index (χ3v) is 6.02. The van der Waals surface area contributed by atoms with Gasteiger partial charge in [0, 0.05) is 38.1 Å². The Bertz CT molecular complexity index is 1150. The minimum Gasteiger partial charge on any atom is -0.451 e. The van der Waals surface area contributed by atoms with Crippen LogP contribution in [0, 0.1) is 0 Å². The Morgan fingerprint density at radius 2 is 1.72 bits per heavy atom. The number of thiazole rings is 1. The Labute approximate surface area is 186 Å². The van der Waals surface area contributed by atoms with Crippen molar-refractivity contribution in [1.82, 2.24) is 4.98 Å². The van der Waals surface area contributed by atoms with Crippen molar-refractivity contribution in [3.05, 3.63) is 92.1 Å². The summed E-state index contributed by atoms with van der Waals surface area (Å²) in [5.74, 6) is 0.405. The number of hydrogen-bond donors (Lipinski definition) is 1. The Hall–Kier alpha value is -2.31. The number of furan rings is 1. The van der Waals surface area contributed by atoms with Gasteiger partial charge in [-0.3, -0.25) is 10.1 Å². The molecule has 0 fully saturated rings. The largest absolute Gasteiger partial charge is 0.451 e. The monoisotopic (exact) mass is 462 g/mol. The summed E-state index contributed by atoms with van der Waals surface area (Å²) in [6.07, 6.45) is 2.23. The molecule has 1 N–H and O–H groups in total. The molecule has 0 radical (unpaired) electrons. The molecule has 0 saturated carbocycles. The average Bonchev–Trinajstić information content (AvgIpc) is 3.35. The van der Waals surface area contributed by atoms with E-state index in [1.165, 1.54) is 11.3 Å². The van der Waals surface area contributed by atoms with E-state index in [4.69, 9.17) is 39.2 Å². The number of carbonyl (C=O) groups excluding carboxylic acids is 1. The maximum absolute atomic E-state index is 12.5. The molecule has 8 heteroatoms. The molecule has 0 saturated heterocycles. The molecule has 2 aromatic heterocycles. The molecule has 146 valence electrons. The topological polar surface area (TPSA) is 55.1 Å². The summed E-state index contributed by atoms with van der Waals surface area (Å²) < 4.78 is 5.66. The summed E-state index contributed by atoms with van der Waals surface area (Å²) in [5.41, 5.74) is 1.66. The van der Waals surface area contributed by atoms with Crippen molar-refractivity contribution in [2.24, 2.45) is 0 Å². The highest BCUT2D eigenvalue weighted by atomic mass is 35.5. The van der Waals surface area contributed by atoms with Crippen molar-refractivity contribution in [3.8, 4) is 11.3 Å². The predicted molar refractivity (Wildman–Crippen MR) is 118 cm³/mol. The maximum atomic E-state index is 12.5. The van der Waals surface area contributed by atoms with Crippen LogP contribution in [0.25, 0.3) is 11.3 Å². The highest BCUT2D eigenvalue weighted by Gasteiger charge is 2.15. The quantitative estimate of drug-likeness (QED) is 0.340. The van der Waals surface area contributed by atoms with Crippen LogP contribution in [0.5, 0.6) is 0 Å². The summed E-state index contributed by atoms with van der Waals surface area (Å²) in [7, 11) is 0. The lowest BCUT2D eigenvalue weighted by atomic mass is 10.1. The predicted octanol–water partition coefficient (Wildman–Crippen LogP) is 7.21. The smallest absolute Gasteiger partial charge is 0.293 e. The summed E-state index contributed by atoms with van der Waals surface area (Å²) in [4.78, 5) is 17.7. The van der Waals surface area contributed by atoms with Gasteiger partial charge in [0.2, 0.25) is 0 Å². The highest BCUT2D eigenvalue weighted by molar-refractivity contribution is 7.15. The SMILES string of the molecule is O=C(Nc1ncc(Cc2c(Cl)cccc2Cl)s1)c1ccc(-c2ccc(Cl)cc2)o1. The van der Waals surface area contributed by atoms with E-state index in [2.05, 4.69) is 10.3 Å². The Kier molecular flexibility index (Phi) is 5.92. The standard InChI is InChI=1S/C21H13Cl3N2O2S/c22-13-6-4-12(5-7-13)18-8-9-19(28-18)20(27)26-21-25-11-14(29-21)10-15-16(23)2-1-3-17(15)24/h1-9,11H,10H2,(H,25,26,27). The van der Waals surface area contributed by atoms with Gasteiger partial charge in [-0.15, -0.1) is 11.3 Å². The van der Waals surface area contributed by atoms with Crippen molar-refractivity contribution in [2.45, 2.75) is 6.42 Å². The van der Waals surface area contributed by atoms with Crippen molar-refractivity contribution in [1.29, 1.82) is 0 Å². The van der Waals surface area contributed by atoms with Gasteiger partial charge in [0.1, 0.15) is 5.76 Å². The number of nitrogens with zero attached hydrogens (tertiary/aromatic N) is 1. The van der Waals surface area contributed by atoms with Crippen LogP contribution in [0.3, 0.4) is 0 Å². The molecule has 0 unspecified atom stereocenters.